The Balaban J connectivity index is 3.01. The van der Waals surface area contributed by atoms with E-state index in [9.17, 15) is 9.50 Å². The number of rotatable bonds is 4. The lowest BCUT2D eigenvalue weighted by Crippen LogP contribution is -2.32. The quantitative estimate of drug-likeness (QED) is 0.766. The Morgan fingerprint density at radius 3 is 2.62 bits per heavy atom. The zero-order valence-electron chi connectivity index (χ0n) is 9.74. The van der Waals surface area contributed by atoms with E-state index in [1.165, 1.54) is 6.07 Å². The molecule has 0 aliphatic heterocycles. The third kappa shape index (κ3) is 2.59. The number of aliphatic hydroxyl groups excluding tert-OH is 1. The Morgan fingerprint density at radius 1 is 1.50 bits per heavy atom. The molecule has 2 N–H and O–H groups in total. The Labute approximate surface area is 95.2 Å². The Bertz CT molecular complexity index is 379. The molecule has 1 unspecified atom stereocenters. The van der Waals surface area contributed by atoms with Gasteiger partial charge in [0.2, 0.25) is 0 Å². The smallest absolute Gasteiger partial charge is 0.129 e. The van der Waals surface area contributed by atoms with Gasteiger partial charge in [-0.3, -0.25) is 0 Å². The Morgan fingerprint density at radius 2 is 2.12 bits per heavy atom. The van der Waals surface area contributed by atoms with Crippen LogP contribution < -0.4 is 5.43 Å². The SMILES string of the molecule is C/C=C(/C(O)c1ccccc1F)N(C)NC. The molecule has 4 heteroatoms. The number of likely N-dealkylation sites (N-methyl/N-ethyl adjacent to an activating group) is 1. The maximum atomic E-state index is 13.5. The molecule has 1 rings (SSSR count). The first-order valence-electron chi connectivity index (χ1n) is 5.11. The van der Waals surface area contributed by atoms with Crippen LogP contribution >= 0.6 is 0 Å². The number of nitrogens with one attached hydrogen (secondary N) is 1. The summed E-state index contributed by atoms with van der Waals surface area (Å²) in [4.78, 5) is 0. The van der Waals surface area contributed by atoms with Gasteiger partial charge in [0.1, 0.15) is 11.9 Å². The summed E-state index contributed by atoms with van der Waals surface area (Å²) < 4.78 is 13.5. The summed E-state index contributed by atoms with van der Waals surface area (Å²) >= 11 is 0. The van der Waals surface area contributed by atoms with Crippen molar-refractivity contribution >= 4 is 0 Å². The van der Waals surface area contributed by atoms with Gasteiger partial charge in [0.25, 0.3) is 0 Å². The van der Waals surface area contributed by atoms with Gasteiger partial charge in [-0.25, -0.2) is 9.82 Å². The van der Waals surface area contributed by atoms with Crippen LogP contribution in [0.15, 0.2) is 36.0 Å². The summed E-state index contributed by atoms with van der Waals surface area (Å²) in [5, 5.41) is 11.7. The van der Waals surface area contributed by atoms with E-state index in [4.69, 9.17) is 0 Å². The average molecular weight is 224 g/mol. The van der Waals surface area contributed by atoms with E-state index in [1.807, 2.05) is 0 Å². The van der Waals surface area contributed by atoms with Crippen molar-refractivity contribution in [2.45, 2.75) is 13.0 Å². The number of allylic oxidation sites excluding steroid dienone is 1. The van der Waals surface area contributed by atoms with Gasteiger partial charge in [0.15, 0.2) is 0 Å². The van der Waals surface area contributed by atoms with Crippen LogP contribution in [-0.4, -0.2) is 24.2 Å². The van der Waals surface area contributed by atoms with Gasteiger partial charge in [0.05, 0.1) is 5.70 Å². The number of hydrazine groups is 1. The van der Waals surface area contributed by atoms with Gasteiger partial charge in [0, 0.05) is 19.7 Å². The van der Waals surface area contributed by atoms with Gasteiger partial charge in [-0.2, -0.15) is 0 Å². The standard InChI is InChI=1S/C12H17FN2O/c1-4-11(15(3)14-2)12(16)9-7-5-6-8-10(9)13/h4-8,12,14,16H,1-3H3/b11-4-. The molecule has 0 aliphatic carbocycles. The van der Waals surface area contributed by atoms with Crippen molar-refractivity contribution in [1.29, 1.82) is 0 Å². The van der Waals surface area contributed by atoms with E-state index in [-0.39, 0.29) is 5.56 Å². The summed E-state index contributed by atoms with van der Waals surface area (Å²) in [7, 11) is 3.50. The van der Waals surface area contributed by atoms with Crippen LogP contribution in [-0.2, 0) is 0 Å². The summed E-state index contributed by atoms with van der Waals surface area (Å²) in [6.07, 6.45) is 0.775. The monoisotopic (exact) mass is 224 g/mol. The molecular formula is C12H17FN2O. The van der Waals surface area contributed by atoms with Crippen molar-refractivity contribution in [3.05, 3.63) is 47.4 Å². The van der Waals surface area contributed by atoms with E-state index in [0.29, 0.717) is 5.70 Å². The summed E-state index contributed by atoms with van der Waals surface area (Å²) in [5.74, 6) is -0.404. The van der Waals surface area contributed by atoms with Gasteiger partial charge in [-0.1, -0.05) is 24.3 Å². The number of benzene rings is 1. The second-order valence-corrected chi connectivity index (χ2v) is 3.42. The fourth-order valence-corrected chi connectivity index (χ4v) is 1.52. The van der Waals surface area contributed by atoms with Crippen molar-refractivity contribution in [3.8, 4) is 0 Å². The van der Waals surface area contributed by atoms with Crippen LogP contribution in [0.4, 0.5) is 4.39 Å². The minimum Gasteiger partial charge on any atom is -0.382 e. The number of nitrogens with zero attached hydrogens (tertiary/aromatic N) is 1. The number of aliphatic hydroxyl groups is 1. The maximum absolute atomic E-state index is 13.5. The maximum Gasteiger partial charge on any atom is 0.129 e. The van der Waals surface area contributed by atoms with E-state index in [0.717, 1.165) is 0 Å². The Hall–Kier alpha value is -1.39. The van der Waals surface area contributed by atoms with Gasteiger partial charge < -0.3 is 10.1 Å². The molecule has 0 heterocycles. The van der Waals surface area contributed by atoms with Gasteiger partial charge in [-0.05, 0) is 13.0 Å². The third-order valence-corrected chi connectivity index (χ3v) is 2.50. The normalized spacial score (nSPS) is 13.7. The molecule has 0 amide bonds. The zero-order valence-corrected chi connectivity index (χ0v) is 9.74. The van der Waals surface area contributed by atoms with E-state index < -0.39 is 11.9 Å². The lowest BCUT2D eigenvalue weighted by molar-refractivity contribution is 0.154. The molecule has 88 valence electrons. The molecule has 0 saturated heterocycles. The van der Waals surface area contributed by atoms with Gasteiger partial charge in [-0.15, -0.1) is 0 Å². The largest absolute Gasteiger partial charge is 0.382 e. The molecule has 3 nitrogen and oxygen atoms in total. The van der Waals surface area contributed by atoms with Crippen molar-refractivity contribution in [1.82, 2.24) is 10.4 Å². The highest BCUT2D eigenvalue weighted by Gasteiger charge is 2.18. The van der Waals surface area contributed by atoms with Gasteiger partial charge >= 0.3 is 0 Å². The second-order valence-electron chi connectivity index (χ2n) is 3.42. The lowest BCUT2D eigenvalue weighted by atomic mass is 10.1. The fraction of sp³-hybridized carbons (Fsp3) is 0.333. The predicted molar refractivity (Wildman–Crippen MR) is 61.9 cm³/mol. The summed E-state index contributed by atoms with van der Waals surface area (Å²) in [6, 6.07) is 6.22. The Kier molecular flexibility index (Phi) is 4.46. The fourth-order valence-electron chi connectivity index (χ4n) is 1.52. The molecule has 16 heavy (non-hydrogen) atoms. The minimum atomic E-state index is -0.969. The summed E-state index contributed by atoms with van der Waals surface area (Å²) in [5.41, 5.74) is 3.75. The van der Waals surface area contributed by atoms with E-state index >= 15 is 0 Å². The minimum absolute atomic E-state index is 0.276. The molecule has 0 aliphatic rings. The van der Waals surface area contributed by atoms with Crippen molar-refractivity contribution in [3.63, 3.8) is 0 Å². The average Bonchev–Trinajstić information content (AvgIpc) is 2.30. The number of hydrogen-bond acceptors (Lipinski definition) is 3. The first-order valence-corrected chi connectivity index (χ1v) is 5.11. The van der Waals surface area contributed by atoms with E-state index in [1.54, 1.807) is 50.3 Å². The van der Waals surface area contributed by atoms with Crippen LogP contribution in [0.2, 0.25) is 0 Å². The lowest BCUT2D eigenvalue weighted by Gasteiger charge is -2.25. The highest BCUT2D eigenvalue weighted by atomic mass is 19.1. The van der Waals surface area contributed by atoms with Crippen LogP contribution in [0, 0.1) is 5.82 Å². The number of halogens is 1. The molecule has 1 aromatic carbocycles. The van der Waals surface area contributed by atoms with Crippen LogP contribution in [0.5, 0.6) is 0 Å². The first kappa shape index (κ1) is 12.7. The molecule has 0 fully saturated rings. The van der Waals surface area contributed by atoms with Crippen LogP contribution in [0.3, 0.4) is 0 Å². The van der Waals surface area contributed by atoms with Crippen molar-refractivity contribution in [2.75, 3.05) is 14.1 Å². The molecule has 0 bridgehead atoms. The zero-order chi connectivity index (χ0) is 12.1. The molecule has 1 atom stereocenters. The molecule has 1 aromatic rings. The summed E-state index contributed by atoms with van der Waals surface area (Å²) in [6.45, 7) is 1.80. The molecular weight excluding hydrogens is 207 g/mol. The second kappa shape index (κ2) is 5.63. The first-order chi connectivity index (χ1) is 7.61. The third-order valence-electron chi connectivity index (χ3n) is 2.50. The molecule has 0 radical (unpaired) electrons. The molecule has 0 aromatic heterocycles. The predicted octanol–water partition coefficient (Wildman–Crippen LogP) is 1.83. The van der Waals surface area contributed by atoms with Crippen molar-refractivity contribution < 1.29 is 9.50 Å². The highest BCUT2D eigenvalue weighted by Crippen LogP contribution is 2.24. The van der Waals surface area contributed by atoms with Crippen LogP contribution in [0.25, 0.3) is 0 Å². The van der Waals surface area contributed by atoms with Crippen molar-refractivity contribution in [2.24, 2.45) is 0 Å². The highest BCUT2D eigenvalue weighted by molar-refractivity contribution is 5.26. The van der Waals surface area contributed by atoms with E-state index in [2.05, 4.69) is 5.43 Å². The topological polar surface area (TPSA) is 35.5 Å². The molecule has 0 saturated carbocycles. The molecule has 0 spiro atoms. The number of hydrogen-bond donors (Lipinski definition) is 2. The van der Waals surface area contributed by atoms with Crippen LogP contribution in [0.1, 0.15) is 18.6 Å².